The minimum absolute atomic E-state index is 0.0446. The lowest BCUT2D eigenvalue weighted by molar-refractivity contribution is -0.437. The predicted molar refractivity (Wildman–Crippen MR) is 190 cm³/mol. The Hall–Kier alpha value is -1.16. The summed E-state index contributed by atoms with van der Waals surface area (Å²) in [6, 6.07) is 0. The number of rotatable bonds is 7. The predicted octanol–water partition coefficient (Wildman–Crippen LogP) is 4.66. The van der Waals surface area contributed by atoms with Crippen LogP contribution in [0.25, 0.3) is 0 Å². The normalized spacial score (nSPS) is 54.4. The summed E-state index contributed by atoms with van der Waals surface area (Å²) < 4.78 is 47.7. The molecule has 20 atom stereocenters. The van der Waals surface area contributed by atoms with Crippen LogP contribution >= 0.6 is 0 Å². The second-order valence-electron chi connectivity index (χ2n) is 18.3. The van der Waals surface area contributed by atoms with Gasteiger partial charge in [0.25, 0.3) is 6.48 Å². The molecule has 3 saturated heterocycles. The van der Waals surface area contributed by atoms with E-state index in [4.69, 9.17) is 37.9 Å². The van der Waals surface area contributed by atoms with Crippen molar-refractivity contribution in [2.45, 2.75) is 186 Å². The van der Waals surface area contributed by atoms with Crippen LogP contribution in [-0.2, 0) is 37.9 Å². The highest BCUT2D eigenvalue weighted by atomic mass is 16.9. The van der Waals surface area contributed by atoms with Gasteiger partial charge in [-0.3, -0.25) is 4.74 Å². The molecule has 4 aliphatic heterocycles. The van der Waals surface area contributed by atoms with Crippen LogP contribution in [0.2, 0.25) is 0 Å². The first-order valence-electron chi connectivity index (χ1n) is 20.6. The second-order valence-corrected chi connectivity index (χ2v) is 18.3. The summed E-state index contributed by atoms with van der Waals surface area (Å²) in [5.41, 5.74) is 2.18. The minimum atomic E-state index is -1.41. The number of hydrogen-bond acceptors (Lipinski definition) is 12. The summed E-state index contributed by atoms with van der Waals surface area (Å²) in [4.78, 5) is 0. The Labute approximate surface area is 314 Å². The lowest BCUT2D eigenvalue weighted by Crippen LogP contribution is -2.57. The molecule has 4 heterocycles. The van der Waals surface area contributed by atoms with Crippen LogP contribution in [0.1, 0.15) is 105 Å². The second kappa shape index (κ2) is 15.0. The molecule has 8 rings (SSSR count). The number of hydrogen-bond donors (Lipinski definition) is 4. The third kappa shape index (κ3) is 7.19. The molecule has 8 aliphatic rings. The molecule has 0 aromatic heterocycles. The average Bonchev–Trinajstić information content (AvgIpc) is 3.69. The van der Waals surface area contributed by atoms with Gasteiger partial charge in [0.15, 0.2) is 18.9 Å². The zero-order chi connectivity index (χ0) is 37.4. The van der Waals surface area contributed by atoms with E-state index >= 15 is 0 Å². The van der Waals surface area contributed by atoms with E-state index < -0.39 is 74.2 Å². The van der Waals surface area contributed by atoms with E-state index in [1.165, 1.54) is 50.5 Å². The van der Waals surface area contributed by atoms with Crippen LogP contribution in [0.5, 0.6) is 0 Å². The van der Waals surface area contributed by atoms with E-state index in [0.717, 1.165) is 43.0 Å². The standard InChI is InChI=1S/C41H64O12/c1-20-15-24(19-46-20)28-9-10-29-27-8-7-25-16-26(11-13-40(25,5)30(27)12-14-41(28,29)6)50-33-18-32(43)36(22(3)48-33)52-39-49-23(4)37(38(45)53-39)51-34-17-31(42)35(44)21(2)47-34/h15,21-23,25-39,42-45H,1,7-14,16-19H2,2-6H3/t21-,22-,23-,25-,26+,27?,28-,29?,30+,31+,32+,33+,34+,35-,36-,37+,38+,39+,40+,41-/m1/s1. The van der Waals surface area contributed by atoms with Crippen molar-refractivity contribution in [3.8, 4) is 0 Å². The van der Waals surface area contributed by atoms with Crippen LogP contribution in [0.4, 0.5) is 0 Å². The van der Waals surface area contributed by atoms with Crippen molar-refractivity contribution in [1.82, 2.24) is 0 Å². The Morgan fingerprint density at radius 3 is 2.11 bits per heavy atom. The van der Waals surface area contributed by atoms with Gasteiger partial charge in [-0.25, -0.2) is 0 Å². The van der Waals surface area contributed by atoms with Gasteiger partial charge in [-0.15, -0.1) is 0 Å². The maximum atomic E-state index is 11.2. The fraction of sp³-hybridized carbons (Fsp3) is 0.902. The molecule has 300 valence electrons. The third-order valence-corrected chi connectivity index (χ3v) is 15.4. The first kappa shape index (κ1) is 38.7. The molecule has 0 aromatic rings. The Balaban J connectivity index is 0.815. The molecule has 53 heavy (non-hydrogen) atoms. The van der Waals surface area contributed by atoms with Crippen LogP contribution in [0, 0.1) is 40.4 Å². The van der Waals surface area contributed by atoms with Crippen LogP contribution in [-0.4, -0.2) is 107 Å². The molecule has 2 unspecified atom stereocenters. The fourth-order valence-electron chi connectivity index (χ4n) is 12.5. The van der Waals surface area contributed by atoms with Gasteiger partial charge in [0, 0.05) is 12.8 Å². The molecule has 0 bridgehead atoms. The quantitative estimate of drug-likeness (QED) is 0.268. The maximum absolute atomic E-state index is 11.2. The van der Waals surface area contributed by atoms with Crippen molar-refractivity contribution in [2.75, 3.05) is 6.61 Å². The molecule has 12 nitrogen and oxygen atoms in total. The molecule has 0 spiro atoms. The third-order valence-electron chi connectivity index (χ3n) is 15.4. The first-order chi connectivity index (χ1) is 25.2. The van der Waals surface area contributed by atoms with E-state index in [-0.39, 0.29) is 18.9 Å². The summed E-state index contributed by atoms with van der Waals surface area (Å²) in [6.07, 6.45) is 4.45. The number of allylic oxidation sites excluding steroid dienone is 1. The highest BCUT2D eigenvalue weighted by Crippen LogP contribution is 2.68. The molecule has 0 radical (unpaired) electrons. The van der Waals surface area contributed by atoms with Gasteiger partial charge in [0.2, 0.25) is 0 Å². The maximum Gasteiger partial charge on any atom is 0.274 e. The number of ether oxygens (including phenoxy) is 8. The summed E-state index contributed by atoms with van der Waals surface area (Å²) in [5, 5.41) is 42.1. The highest BCUT2D eigenvalue weighted by molar-refractivity contribution is 5.28. The first-order valence-corrected chi connectivity index (χ1v) is 20.6. The Morgan fingerprint density at radius 2 is 1.40 bits per heavy atom. The fourth-order valence-corrected chi connectivity index (χ4v) is 12.5. The Kier molecular flexibility index (Phi) is 10.9. The average molecular weight is 749 g/mol. The number of aliphatic hydroxyl groups excluding tert-OH is 4. The van der Waals surface area contributed by atoms with Gasteiger partial charge in [-0.05, 0) is 131 Å². The van der Waals surface area contributed by atoms with Gasteiger partial charge in [-0.1, -0.05) is 20.4 Å². The van der Waals surface area contributed by atoms with E-state index in [0.29, 0.717) is 22.7 Å². The van der Waals surface area contributed by atoms with Gasteiger partial charge < -0.3 is 53.6 Å². The summed E-state index contributed by atoms with van der Waals surface area (Å²) >= 11 is 0. The monoisotopic (exact) mass is 748 g/mol. The molecule has 4 N–H and O–H groups in total. The smallest absolute Gasteiger partial charge is 0.274 e. The lowest BCUT2D eigenvalue weighted by Gasteiger charge is -2.61. The summed E-state index contributed by atoms with van der Waals surface area (Å²) in [5.74, 6) is 4.45. The van der Waals surface area contributed by atoms with E-state index in [2.05, 4.69) is 26.5 Å². The molecule has 4 saturated carbocycles. The molecule has 4 aliphatic carbocycles. The summed E-state index contributed by atoms with van der Waals surface area (Å²) in [6.45, 7) is 13.9. The van der Waals surface area contributed by atoms with Crippen LogP contribution in [0.3, 0.4) is 0 Å². The number of aliphatic hydroxyl groups is 4. The topological polar surface area (TPSA) is 155 Å². The Morgan fingerprint density at radius 1 is 0.698 bits per heavy atom. The van der Waals surface area contributed by atoms with Crippen molar-refractivity contribution >= 4 is 0 Å². The largest absolute Gasteiger partial charge is 0.490 e. The molecular formula is C41H64O12. The minimum Gasteiger partial charge on any atom is -0.490 e. The molecule has 0 amide bonds. The highest BCUT2D eigenvalue weighted by Gasteiger charge is 2.61. The van der Waals surface area contributed by atoms with Crippen LogP contribution < -0.4 is 0 Å². The SMILES string of the molecule is C=C1C=C([C@H]2CCC3C4CC[C@@H]5C[C@@H](O[C@H]6C[C@H](O)[C@H](O[C@@H]7O[C@H](C)[C@H](O[C@H]8C[C@H](O)[C@H](O)[C@@H](C)O8)[C@@H](O)O7)[C@@H](C)O6)CC[C@]5(C)[C@H]4CC[C@@]32C)CO1. The van der Waals surface area contributed by atoms with Gasteiger partial charge in [0.05, 0.1) is 36.6 Å². The van der Waals surface area contributed by atoms with E-state index in [1.54, 1.807) is 13.8 Å². The van der Waals surface area contributed by atoms with Crippen molar-refractivity contribution in [1.29, 1.82) is 0 Å². The van der Waals surface area contributed by atoms with Crippen molar-refractivity contribution in [3.63, 3.8) is 0 Å². The molecule has 7 fully saturated rings. The van der Waals surface area contributed by atoms with Crippen molar-refractivity contribution in [2.24, 2.45) is 40.4 Å². The zero-order valence-electron chi connectivity index (χ0n) is 32.2. The molecule has 0 aromatic carbocycles. The summed E-state index contributed by atoms with van der Waals surface area (Å²) in [7, 11) is 0. The number of fused-ring (bicyclic) bond motifs is 5. The lowest BCUT2D eigenvalue weighted by atomic mass is 9.44. The van der Waals surface area contributed by atoms with Crippen LogP contribution in [0.15, 0.2) is 24.0 Å². The zero-order valence-corrected chi connectivity index (χ0v) is 32.2. The van der Waals surface area contributed by atoms with E-state index in [9.17, 15) is 20.4 Å². The van der Waals surface area contributed by atoms with Crippen molar-refractivity contribution < 1.29 is 58.3 Å². The van der Waals surface area contributed by atoms with E-state index in [1.807, 2.05) is 6.92 Å². The van der Waals surface area contributed by atoms with Gasteiger partial charge in [-0.2, -0.15) is 0 Å². The Bertz CT molecular complexity index is 1320. The molecular weight excluding hydrogens is 684 g/mol. The van der Waals surface area contributed by atoms with Crippen molar-refractivity contribution in [3.05, 3.63) is 24.0 Å². The van der Waals surface area contributed by atoms with Gasteiger partial charge in [0.1, 0.15) is 30.7 Å². The van der Waals surface area contributed by atoms with Gasteiger partial charge >= 0.3 is 0 Å². The molecule has 12 heteroatoms.